The number of hydrogen-bond donors (Lipinski definition) is 1. The number of carbonyl (C=O) groups excluding carboxylic acids is 2. The Kier molecular flexibility index (Phi) is 6.62. The van der Waals surface area contributed by atoms with Gasteiger partial charge in [0.15, 0.2) is 11.6 Å². The van der Waals surface area contributed by atoms with Gasteiger partial charge in [0.2, 0.25) is 5.78 Å². The molecule has 1 amide bonds. The number of ketones is 1. The summed E-state index contributed by atoms with van der Waals surface area (Å²) >= 11 is 0. The number of para-hydroxylation sites is 1. The monoisotopic (exact) mass is 497 g/mol. The van der Waals surface area contributed by atoms with E-state index in [0.717, 1.165) is 0 Å². The number of benzene rings is 3. The van der Waals surface area contributed by atoms with Crippen molar-refractivity contribution < 1.29 is 23.5 Å². The van der Waals surface area contributed by atoms with Crippen LogP contribution in [0.2, 0.25) is 0 Å². The number of methoxy groups -OCH3 is 1. The minimum Gasteiger partial charge on any atom is -0.497 e. The van der Waals surface area contributed by atoms with Crippen molar-refractivity contribution in [3.05, 3.63) is 95.5 Å². The van der Waals surface area contributed by atoms with Crippen molar-refractivity contribution in [3.63, 3.8) is 0 Å². The number of amides is 1. The summed E-state index contributed by atoms with van der Waals surface area (Å²) in [5.74, 6) is 0.816. The van der Waals surface area contributed by atoms with Gasteiger partial charge in [-0.25, -0.2) is 4.68 Å². The maximum absolute atomic E-state index is 13.4. The van der Waals surface area contributed by atoms with Crippen molar-refractivity contribution in [1.29, 1.82) is 0 Å². The fourth-order valence-corrected chi connectivity index (χ4v) is 3.86. The van der Waals surface area contributed by atoms with E-state index in [1.165, 1.54) is 7.11 Å². The maximum Gasteiger partial charge on any atom is 0.255 e. The van der Waals surface area contributed by atoms with Crippen LogP contribution in [0.15, 0.2) is 77.2 Å². The topological polar surface area (TPSA) is 121 Å². The third-order valence-corrected chi connectivity index (χ3v) is 5.74. The first-order valence-corrected chi connectivity index (χ1v) is 11.6. The van der Waals surface area contributed by atoms with E-state index in [9.17, 15) is 9.59 Å². The molecule has 0 spiro atoms. The van der Waals surface area contributed by atoms with Crippen molar-refractivity contribution in [1.82, 2.24) is 20.2 Å². The van der Waals surface area contributed by atoms with Gasteiger partial charge in [0, 0.05) is 23.1 Å². The van der Waals surface area contributed by atoms with Crippen LogP contribution in [-0.4, -0.2) is 39.0 Å². The molecular weight excluding hydrogens is 474 g/mol. The lowest BCUT2D eigenvalue weighted by atomic mass is 10.1. The first-order chi connectivity index (χ1) is 18.1. The number of fused-ring (bicyclic) bond motifs is 1. The highest BCUT2D eigenvalue weighted by atomic mass is 16.5. The van der Waals surface area contributed by atoms with E-state index in [2.05, 4.69) is 20.8 Å². The highest BCUT2D eigenvalue weighted by molar-refractivity contribution is 6.19. The van der Waals surface area contributed by atoms with Crippen molar-refractivity contribution >= 4 is 28.3 Å². The molecule has 5 aromatic rings. The van der Waals surface area contributed by atoms with Crippen molar-refractivity contribution in [2.75, 3.05) is 12.4 Å². The third kappa shape index (κ3) is 4.90. The molecule has 186 valence electrons. The molecule has 0 radical (unpaired) electrons. The van der Waals surface area contributed by atoms with Crippen LogP contribution in [0.3, 0.4) is 0 Å². The molecular formula is C27H23N5O5. The molecule has 0 aliphatic heterocycles. The van der Waals surface area contributed by atoms with Crippen LogP contribution in [0, 0.1) is 0 Å². The molecule has 3 aromatic carbocycles. The Hall–Kier alpha value is -4.99. The Morgan fingerprint density at radius 2 is 1.73 bits per heavy atom. The zero-order chi connectivity index (χ0) is 25.8. The normalized spacial score (nSPS) is 10.9. The van der Waals surface area contributed by atoms with Gasteiger partial charge < -0.3 is 19.2 Å². The van der Waals surface area contributed by atoms with Crippen LogP contribution in [0.5, 0.6) is 11.5 Å². The van der Waals surface area contributed by atoms with Gasteiger partial charge in [-0.3, -0.25) is 9.59 Å². The summed E-state index contributed by atoms with van der Waals surface area (Å²) in [7, 11) is 1.53. The van der Waals surface area contributed by atoms with Crippen LogP contribution in [0.1, 0.15) is 39.2 Å². The van der Waals surface area contributed by atoms with E-state index in [1.807, 2.05) is 13.0 Å². The summed E-state index contributed by atoms with van der Waals surface area (Å²) in [4.78, 5) is 26.7. The summed E-state index contributed by atoms with van der Waals surface area (Å²) in [6, 6.07) is 20.6. The largest absolute Gasteiger partial charge is 0.497 e. The molecule has 10 nitrogen and oxygen atoms in total. The Labute approximate surface area is 211 Å². The van der Waals surface area contributed by atoms with E-state index in [-0.39, 0.29) is 18.2 Å². The van der Waals surface area contributed by atoms with Crippen LogP contribution in [0.4, 0.5) is 5.69 Å². The zero-order valence-electron chi connectivity index (χ0n) is 20.2. The molecule has 0 atom stereocenters. The molecule has 0 saturated heterocycles. The number of nitrogens with zero attached hydrogens (tertiary/aromatic N) is 4. The van der Waals surface area contributed by atoms with Gasteiger partial charge in [-0.05, 0) is 59.8 Å². The fraction of sp³-hybridized carbons (Fsp3) is 0.148. The number of furan rings is 1. The fourth-order valence-electron chi connectivity index (χ4n) is 3.86. The number of aryl methyl sites for hydroxylation is 1. The Balaban J connectivity index is 1.42. The SMILES string of the molecule is CCn1nnnc1COc1cccc(C(=O)Nc2c(C(=O)c3cccc(OC)c3)oc3ccccc23)c1. The Morgan fingerprint density at radius 1 is 0.973 bits per heavy atom. The van der Waals surface area contributed by atoms with E-state index in [0.29, 0.717) is 51.7 Å². The summed E-state index contributed by atoms with van der Waals surface area (Å²) < 4.78 is 18.6. The van der Waals surface area contributed by atoms with Gasteiger partial charge in [-0.1, -0.05) is 30.3 Å². The zero-order valence-corrected chi connectivity index (χ0v) is 20.2. The second-order valence-electron chi connectivity index (χ2n) is 8.04. The minimum absolute atomic E-state index is 0.0293. The molecule has 10 heteroatoms. The van der Waals surface area contributed by atoms with Gasteiger partial charge in [0.05, 0.1) is 12.8 Å². The van der Waals surface area contributed by atoms with Crippen molar-refractivity contribution in [2.45, 2.75) is 20.1 Å². The van der Waals surface area contributed by atoms with Crippen LogP contribution >= 0.6 is 0 Å². The smallest absolute Gasteiger partial charge is 0.255 e. The van der Waals surface area contributed by atoms with Crippen molar-refractivity contribution in [2.24, 2.45) is 0 Å². The first-order valence-electron chi connectivity index (χ1n) is 11.6. The van der Waals surface area contributed by atoms with Crippen LogP contribution < -0.4 is 14.8 Å². The first kappa shape index (κ1) is 23.7. The molecule has 1 N–H and O–H groups in total. The number of anilines is 1. The summed E-state index contributed by atoms with van der Waals surface area (Å²) in [6.07, 6.45) is 0. The molecule has 0 bridgehead atoms. The summed E-state index contributed by atoms with van der Waals surface area (Å²) in [6.45, 7) is 2.69. The average Bonchev–Trinajstić information content (AvgIpc) is 3.56. The average molecular weight is 498 g/mol. The number of carbonyl (C=O) groups is 2. The van der Waals surface area contributed by atoms with Gasteiger partial charge in [0.1, 0.15) is 23.7 Å². The standard InChI is InChI=1S/C27H23N5O5/c1-3-32-23(29-30-31-32)16-36-20-11-7-9-18(15-20)27(34)28-24-21-12-4-5-13-22(21)37-26(24)25(33)17-8-6-10-19(14-17)35-2/h4-15H,3,16H2,1-2H3,(H,28,34). The Morgan fingerprint density at radius 3 is 2.54 bits per heavy atom. The van der Waals surface area contributed by atoms with Crippen molar-refractivity contribution in [3.8, 4) is 11.5 Å². The minimum atomic E-state index is -0.421. The number of nitrogens with one attached hydrogen (secondary N) is 1. The highest BCUT2D eigenvalue weighted by Crippen LogP contribution is 2.33. The number of ether oxygens (including phenoxy) is 2. The summed E-state index contributed by atoms with van der Waals surface area (Å²) in [5, 5.41) is 15.0. The molecule has 37 heavy (non-hydrogen) atoms. The quantitative estimate of drug-likeness (QED) is 0.295. The number of aromatic nitrogens is 4. The second-order valence-corrected chi connectivity index (χ2v) is 8.04. The molecule has 0 aliphatic rings. The molecule has 0 saturated carbocycles. The molecule has 0 fully saturated rings. The predicted molar refractivity (Wildman–Crippen MR) is 135 cm³/mol. The lowest BCUT2D eigenvalue weighted by Crippen LogP contribution is -2.14. The van der Waals surface area contributed by atoms with E-state index >= 15 is 0 Å². The maximum atomic E-state index is 13.4. The molecule has 2 aromatic heterocycles. The molecule has 5 rings (SSSR count). The van der Waals surface area contributed by atoms with E-state index in [4.69, 9.17) is 13.9 Å². The van der Waals surface area contributed by atoms with Gasteiger partial charge >= 0.3 is 0 Å². The lowest BCUT2D eigenvalue weighted by Gasteiger charge is -2.09. The third-order valence-electron chi connectivity index (χ3n) is 5.74. The van der Waals surface area contributed by atoms with Gasteiger partial charge in [-0.2, -0.15) is 0 Å². The lowest BCUT2D eigenvalue weighted by molar-refractivity contribution is 0.101. The van der Waals surface area contributed by atoms with Crippen LogP contribution in [0.25, 0.3) is 11.0 Å². The number of rotatable bonds is 9. The van der Waals surface area contributed by atoms with Crippen LogP contribution in [-0.2, 0) is 13.2 Å². The van der Waals surface area contributed by atoms with Gasteiger partial charge in [0.25, 0.3) is 5.91 Å². The Bertz CT molecular complexity index is 1590. The number of hydrogen-bond acceptors (Lipinski definition) is 8. The van der Waals surface area contributed by atoms with E-state index < -0.39 is 5.91 Å². The predicted octanol–water partition coefficient (Wildman–Crippen LogP) is 4.51. The molecule has 0 aliphatic carbocycles. The second kappa shape index (κ2) is 10.3. The number of tetrazole rings is 1. The highest BCUT2D eigenvalue weighted by Gasteiger charge is 2.24. The molecule has 2 heterocycles. The van der Waals surface area contributed by atoms with E-state index in [1.54, 1.807) is 71.4 Å². The molecule has 0 unspecified atom stereocenters. The van der Waals surface area contributed by atoms with Gasteiger partial charge in [-0.15, -0.1) is 5.10 Å². The summed E-state index contributed by atoms with van der Waals surface area (Å²) in [5.41, 5.74) is 1.49.